The average molecular weight is 266 g/mol. The predicted molar refractivity (Wildman–Crippen MR) is 70.6 cm³/mol. The molecule has 1 fully saturated rings. The van der Waals surface area contributed by atoms with Gasteiger partial charge < -0.3 is 15.0 Å². The van der Waals surface area contributed by atoms with Crippen molar-refractivity contribution in [2.75, 3.05) is 26.2 Å². The Balaban J connectivity index is 1.73. The maximum Gasteiger partial charge on any atom is 0.226 e. The van der Waals surface area contributed by atoms with Crippen LogP contribution in [0.15, 0.2) is 24.3 Å². The van der Waals surface area contributed by atoms with Crippen molar-refractivity contribution in [1.82, 2.24) is 10.2 Å². The molecule has 1 saturated heterocycles. The van der Waals surface area contributed by atoms with Gasteiger partial charge in [0.05, 0.1) is 13.0 Å². The molecule has 1 aromatic rings. The third-order valence-corrected chi connectivity index (χ3v) is 3.12. The molecule has 1 aliphatic rings. The number of nitrogens with zero attached hydrogens (tertiary/aromatic N) is 1. The van der Waals surface area contributed by atoms with Gasteiger partial charge in [0.2, 0.25) is 5.91 Å². The molecule has 1 atom stereocenters. The number of hydrogen-bond acceptors (Lipinski definition) is 3. The van der Waals surface area contributed by atoms with Crippen LogP contribution in [0.25, 0.3) is 0 Å². The number of piperazine rings is 1. The highest BCUT2D eigenvalue weighted by atomic mass is 19.1. The van der Waals surface area contributed by atoms with E-state index in [2.05, 4.69) is 12.2 Å². The molecule has 0 spiro atoms. The van der Waals surface area contributed by atoms with E-state index in [0.717, 1.165) is 19.6 Å². The first-order valence-electron chi connectivity index (χ1n) is 6.54. The Hall–Kier alpha value is -1.62. The van der Waals surface area contributed by atoms with Gasteiger partial charge in [-0.25, -0.2) is 4.39 Å². The second-order valence-corrected chi connectivity index (χ2v) is 4.75. The van der Waals surface area contributed by atoms with E-state index < -0.39 is 0 Å². The zero-order valence-corrected chi connectivity index (χ0v) is 11.1. The summed E-state index contributed by atoms with van der Waals surface area (Å²) in [7, 11) is 0. The minimum absolute atomic E-state index is 0.107. The third-order valence-electron chi connectivity index (χ3n) is 3.12. The van der Waals surface area contributed by atoms with Gasteiger partial charge in [0.1, 0.15) is 11.6 Å². The number of amides is 1. The van der Waals surface area contributed by atoms with E-state index in [4.69, 9.17) is 4.74 Å². The van der Waals surface area contributed by atoms with Crippen LogP contribution in [0.4, 0.5) is 4.39 Å². The Labute approximate surface area is 112 Å². The molecule has 0 aliphatic carbocycles. The van der Waals surface area contributed by atoms with Gasteiger partial charge in [-0.05, 0) is 31.2 Å². The molecule has 19 heavy (non-hydrogen) atoms. The molecular weight excluding hydrogens is 247 g/mol. The number of carbonyl (C=O) groups excluding carboxylic acids is 1. The molecule has 0 bridgehead atoms. The quantitative estimate of drug-likeness (QED) is 0.896. The summed E-state index contributed by atoms with van der Waals surface area (Å²) in [6.45, 7) is 4.72. The molecule has 104 valence electrons. The second-order valence-electron chi connectivity index (χ2n) is 4.75. The van der Waals surface area contributed by atoms with Crippen LogP contribution >= 0.6 is 0 Å². The van der Waals surface area contributed by atoms with E-state index in [1.54, 1.807) is 12.1 Å². The minimum Gasteiger partial charge on any atom is -0.493 e. The van der Waals surface area contributed by atoms with Gasteiger partial charge in [-0.15, -0.1) is 0 Å². The molecule has 1 aromatic carbocycles. The summed E-state index contributed by atoms with van der Waals surface area (Å²) in [6.07, 6.45) is 0.351. The largest absolute Gasteiger partial charge is 0.493 e. The Kier molecular flexibility index (Phi) is 4.74. The summed E-state index contributed by atoms with van der Waals surface area (Å²) in [5, 5.41) is 3.29. The third kappa shape index (κ3) is 4.21. The van der Waals surface area contributed by atoms with Crippen molar-refractivity contribution < 1.29 is 13.9 Å². The summed E-state index contributed by atoms with van der Waals surface area (Å²) in [5.41, 5.74) is 0. The van der Waals surface area contributed by atoms with Gasteiger partial charge in [-0.2, -0.15) is 0 Å². The van der Waals surface area contributed by atoms with Crippen molar-refractivity contribution in [3.05, 3.63) is 30.1 Å². The molecule has 1 heterocycles. The molecule has 5 heteroatoms. The van der Waals surface area contributed by atoms with Crippen molar-refractivity contribution in [3.63, 3.8) is 0 Å². The number of halogens is 1. The van der Waals surface area contributed by atoms with Crippen LogP contribution in [-0.4, -0.2) is 43.1 Å². The van der Waals surface area contributed by atoms with Crippen molar-refractivity contribution in [3.8, 4) is 5.75 Å². The highest BCUT2D eigenvalue weighted by molar-refractivity contribution is 5.76. The van der Waals surface area contributed by atoms with Crippen molar-refractivity contribution >= 4 is 5.91 Å². The maximum atomic E-state index is 12.7. The predicted octanol–water partition coefficient (Wildman–Crippen LogP) is 1.41. The highest BCUT2D eigenvalue weighted by Gasteiger charge is 2.19. The van der Waals surface area contributed by atoms with Crippen LogP contribution in [0.2, 0.25) is 0 Å². The zero-order valence-electron chi connectivity index (χ0n) is 11.1. The zero-order chi connectivity index (χ0) is 13.7. The molecule has 1 aliphatic heterocycles. The SMILES string of the molecule is C[C@@H]1CN(C(=O)CCOc2ccc(F)cc2)CCN1. The van der Waals surface area contributed by atoms with Crippen LogP contribution in [0.1, 0.15) is 13.3 Å². The number of benzene rings is 1. The number of nitrogens with one attached hydrogen (secondary N) is 1. The van der Waals surface area contributed by atoms with Gasteiger partial charge in [-0.1, -0.05) is 0 Å². The van der Waals surface area contributed by atoms with Crippen molar-refractivity contribution in [1.29, 1.82) is 0 Å². The monoisotopic (exact) mass is 266 g/mol. The van der Waals surface area contributed by atoms with E-state index in [-0.39, 0.29) is 11.7 Å². The van der Waals surface area contributed by atoms with Gasteiger partial charge in [0, 0.05) is 25.7 Å². The number of ether oxygens (including phenoxy) is 1. The van der Waals surface area contributed by atoms with Crippen LogP contribution in [0, 0.1) is 5.82 Å². The normalized spacial score (nSPS) is 19.3. The summed E-state index contributed by atoms with van der Waals surface area (Å²) in [5.74, 6) is 0.400. The lowest BCUT2D eigenvalue weighted by Crippen LogP contribution is -2.51. The Morgan fingerprint density at radius 3 is 2.89 bits per heavy atom. The summed E-state index contributed by atoms with van der Waals surface area (Å²) < 4.78 is 18.1. The average Bonchev–Trinajstić information content (AvgIpc) is 2.41. The first kappa shape index (κ1) is 13.8. The van der Waals surface area contributed by atoms with Gasteiger partial charge in [0.25, 0.3) is 0 Å². The van der Waals surface area contributed by atoms with E-state index in [0.29, 0.717) is 24.8 Å². The highest BCUT2D eigenvalue weighted by Crippen LogP contribution is 2.11. The summed E-state index contributed by atoms with van der Waals surface area (Å²) >= 11 is 0. The van der Waals surface area contributed by atoms with Crippen LogP contribution < -0.4 is 10.1 Å². The number of hydrogen-bond donors (Lipinski definition) is 1. The van der Waals surface area contributed by atoms with Crippen molar-refractivity contribution in [2.45, 2.75) is 19.4 Å². The Morgan fingerprint density at radius 2 is 2.21 bits per heavy atom. The number of carbonyl (C=O) groups is 1. The Morgan fingerprint density at radius 1 is 1.47 bits per heavy atom. The molecule has 0 aromatic heterocycles. The Bertz CT molecular complexity index is 422. The first-order chi connectivity index (χ1) is 9.15. The lowest BCUT2D eigenvalue weighted by Gasteiger charge is -2.31. The fraction of sp³-hybridized carbons (Fsp3) is 0.500. The fourth-order valence-corrected chi connectivity index (χ4v) is 2.10. The van der Waals surface area contributed by atoms with Gasteiger partial charge in [0.15, 0.2) is 0 Å². The summed E-state index contributed by atoms with van der Waals surface area (Å²) in [4.78, 5) is 13.8. The van der Waals surface area contributed by atoms with E-state index in [1.165, 1.54) is 12.1 Å². The van der Waals surface area contributed by atoms with Crippen LogP contribution in [0.3, 0.4) is 0 Å². The van der Waals surface area contributed by atoms with E-state index >= 15 is 0 Å². The molecule has 1 amide bonds. The molecular formula is C14H19FN2O2. The van der Waals surface area contributed by atoms with E-state index in [9.17, 15) is 9.18 Å². The standard InChI is InChI=1S/C14H19FN2O2/c1-11-10-17(8-7-16-11)14(18)6-9-19-13-4-2-12(15)3-5-13/h2-5,11,16H,6-10H2,1H3/t11-/m1/s1. The van der Waals surface area contributed by atoms with Gasteiger partial charge in [-0.3, -0.25) is 4.79 Å². The van der Waals surface area contributed by atoms with Crippen LogP contribution in [-0.2, 0) is 4.79 Å². The summed E-state index contributed by atoms with van der Waals surface area (Å²) in [6, 6.07) is 6.15. The minimum atomic E-state index is -0.293. The molecule has 2 rings (SSSR count). The first-order valence-corrected chi connectivity index (χ1v) is 6.54. The van der Waals surface area contributed by atoms with Crippen LogP contribution in [0.5, 0.6) is 5.75 Å². The number of rotatable bonds is 4. The molecule has 1 N–H and O–H groups in total. The van der Waals surface area contributed by atoms with Crippen molar-refractivity contribution in [2.24, 2.45) is 0 Å². The smallest absolute Gasteiger partial charge is 0.226 e. The molecule has 0 radical (unpaired) electrons. The topological polar surface area (TPSA) is 41.6 Å². The van der Waals surface area contributed by atoms with Gasteiger partial charge >= 0.3 is 0 Å². The lowest BCUT2D eigenvalue weighted by molar-refractivity contribution is -0.132. The second kappa shape index (κ2) is 6.52. The maximum absolute atomic E-state index is 12.7. The molecule has 0 unspecified atom stereocenters. The molecule has 4 nitrogen and oxygen atoms in total. The van der Waals surface area contributed by atoms with E-state index in [1.807, 2.05) is 4.90 Å². The lowest BCUT2D eigenvalue weighted by atomic mass is 10.2. The molecule has 0 saturated carbocycles. The fourth-order valence-electron chi connectivity index (χ4n) is 2.10.